The number of thioether (sulfide) groups is 1. The number of benzene rings is 1. The van der Waals surface area contributed by atoms with Gasteiger partial charge in [-0.2, -0.15) is 11.8 Å². The first-order chi connectivity index (χ1) is 8.60. The molecule has 0 aliphatic heterocycles. The summed E-state index contributed by atoms with van der Waals surface area (Å²) in [5.74, 6) is -0.833. The number of rotatable bonds is 3. The fourth-order valence-corrected chi connectivity index (χ4v) is 3.24. The quantitative estimate of drug-likeness (QED) is 0.836. The van der Waals surface area contributed by atoms with E-state index in [0.717, 1.165) is 19.3 Å². The molecule has 2 unspecified atom stereocenters. The molecule has 1 fully saturated rings. The summed E-state index contributed by atoms with van der Waals surface area (Å²) in [4.78, 5) is 12.6. The van der Waals surface area contributed by atoms with Crippen LogP contribution in [0.2, 0.25) is 0 Å². The third kappa shape index (κ3) is 3.20. The van der Waals surface area contributed by atoms with E-state index >= 15 is 0 Å². The standard InChI is InChI=1S/C13H16FNOS2/c1-18-10-4-2-8(6-10)15-13(16)11-7-9(17)3-5-12(11)14/h3,5,7-8,10,17H,2,4,6H2,1H3,(H,15,16). The minimum Gasteiger partial charge on any atom is -0.349 e. The van der Waals surface area contributed by atoms with Crippen LogP contribution in [-0.2, 0) is 0 Å². The molecule has 1 saturated carbocycles. The molecular formula is C13H16FNOS2. The van der Waals surface area contributed by atoms with Gasteiger partial charge in [0, 0.05) is 16.2 Å². The van der Waals surface area contributed by atoms with E-state index in [1.165, 1.54) is 18.2 Å². The van der Waals surface area contributed by atoms with Gasteiger partial charge in [-0.05, 0) is 43.7 Å². The summed E-state index contributed by atoms with van der Waals surface area (Å²) in [5, 5.41) is 3.51. The fourth-order valence-electron chi connectivity index (χ4n) is 2.24. The molecule has 1 aliphatic rings. The van der Waals surface area contributed by atoms with Crippen LogP contribution >= 0.6 is 24.4 Å². The monoisotopic (exact) mass is 285 g/mol. The smallest absolute Gasteiger partial charge is 0.254 e. The van der Waals surface area contributed by atoms with Gasteiger partial charge < -0.3 is 5.32 Å². The molecule has 1 N–H and O–H groups in total. The van der Waals surface area contributed by atoms with E-state index in [4.69, 9.17) is 0 Å². The maximum absolute atomic E-state index is 13.5. The molecule has 0 aromatic heterocycles. The summed E-state index contributed by atoms with van der Waals surface area (Å²) < 4.78 is 13.5. The second-order valence-electron chi connectivity index (χ2n) is 4.51. The van der Waals surface area contributed by atoms with Gasteiger partial charge in [0.25, 0.3) is 5.91 Å². The van der Waals surface area contributed by atoms with Crippen molar-refractivity contribution < 1.29 is 9.18 Å². The van der Waals surface area contributed by atoms with Crippen molar-refractivity contribution in [3.05, 3.63) is 29.6 Å². The van der Waals surface area contributed by atoms with Crippen LogP contribution in [0.25, 0.3) is 0 Å². The van der Waals surface area contributed by atoms with E-state index < -0.39 is 5.82 Å². The van der Waals surface area contributed by atoms with E-state index in [1.807, 2.05) is 11.8 Å². The molecule has 2 atom stereocenters. The largest absolute Gasteiger partial charge is 0.349 e. The van der Waals surface area contributed by atoms with Crippen molar-refractivity contribution in [2.75, 3.05) is 6.26 Å². The minimum atomic E-state index is -0.496. The number of carbonyl (C=O) groups is 1. The van der Waals surface area contributed by atoms with Crippen molar-refractivity contribution in [3.63, 3.8) is 0 Å². The summed E-state index contributed by atoms with van der Waals surface area (Å²) >= 11 is 5.95. The maximum atomic E-state index is 13.5. The molecular weight excluding hydrogens is 269 g/mol. The molecule has 2 rings (SSSR count). The van der Waals surface area contributed by atoms with E-state index in [9.17, 15) is 9.18 Å². The Kier molecular flexibility index (Phi) is 4.56. The molecule has 5 heteroatoms. The SMILES string of the molecule is CSC1CCC(NC(=O)c2cc(S)ccc2F)C1. The number of nitrogens with one attached hydrogen (secondary N) is 1. The highest BCUT2D eigenvalue weighted by Crippen LogP contribution is 2.28. The average Bonchev–Trinajstić information content (AvgIpc) is 2.80. The van der Waals surface area contributed by atoms with Crippen LogP contribution in [0.15, 0.2) is 23.1 Å². The third-order valence-electron chi connectivity index (χ3n) is 3.25. The van der Waals surface area contributed by atoms with E-state index in [-0.39, 0.29) is 17.5 Å². The van der Waals surface area contributed by atoms with Crippen LogP contribution in [0.3, 0.4) is 0 Å². The first kappa shape index (κ1) is 13.7. The van der Waals surface area contributed by atoms with Crippen LogP contribution in [0, 0.1) is 5.82 Å². The Labute approximate surface area is 116 Å². The Morgan fingerprint density at radius 3 is 2.94 bits per heavy atom. The number of amides is 1. The van der Waals surface area contributed by atoms with Gasteiger partial charge in [0.05, 0.1) is 5.56 Å². The lowest BCUT2D eigenvalue weighted by atomic mass is 10.1. The van der Waals surface area contributed by atoms with E-state index in [0.29, 0.717) is 10.1 Å². The molecule has 1 amide bonds. The Morgan fingerprint density at radius 2 is 2.28 bits per heavy atom. The molecule has 1 aromatic carbocycles. The first-order valence-corrected chi connectivity index (χ1v) is 7.66. The maximum Gasteiger partial charge on any atom is 0.254 e. The van der Waals surface area contributed by atoms with Gasteiger partial charge in [-0.25, -0.2) is 4.39 Å². The lowest BCUT2D eigenvalue weighted by Gasteiger charge is -2.13. The number of hydrogen-bond acceptors (Lipinski definition) is 3. The molecule has 2 nitrogen and oxygen atoms in total. The summed E-state index contributed by atoms with van der Waals surface area (Å²) in [5.41, 5.74) is 0.0788. The topological polar surface area (TPSA) is 29.1 Å². The Morgan fingerprint density at radius 1 is 1.50 bits per heavy atom. The molecule has 0 radical (unpaired) electrons. The van der Waals surface area contributed by atoms with Crippen molar-refractivity contribution in [2.24, 2.45) is 0 Å². The Balaban J connectivity index is 2.02. The predicted octanol–water partition coefficient (Wildman–Crippen LogP) is 3.13. The van der Waals surface area contributed by atoms with Crippen LogP contribution in [0.4, 0.5) is 4.39 Å². The average molecular weight is 285 g/mol. The zero-order chi connectivity index (χ0) is 13.1. The summed E-state index contributed by atoms with van der Waals surface area (Å²) in [6, 6.07) is 4.44. The van der Waals surface area contributed by atoms with Crippen molar-refractivity contribution in [3.8, 4) is 0 Å². The molecule has 0 heterocycles. The van der Waals surface area contributed by atoms with Crippen LogP contribution in [-0.4, -0.2) is 23.5 Å². The Hall–Kier alpha value is -0.680. The van der Waals surface area contributed by atoms with Crippen LogP contribution in [0.5, 0.6) is 0 Å². The van der Waals surface area contributed by atoms with E-state index in [2.05, 4.69) is 24.2 Å². The number of carbonyl (C=O) groups excluding carboxylic acids is 1. The highest BCUT2D eigenvalue weighted by molar-refractivity contribution is 7.99. The van der Waals surface area contributed by atoms with Gasteiger partial charge in [-0.15, -0.1) is 12.6 Å². The highest BCUT2D eigenvalue weighted by atomic mass is 32.2. The number of thiol groups is 1. The second-order valence-corrected chi connectivity index (χ2v) is 6.16. The summed E-state index contributed by atoms with van der Waals surface area (Å²) in [7, 11) is 0. The van der Waals surface area contributed by atoms with Gasteiger partial charge in [0.2, 0.25) is 0 Å². The minimum absolute atomic E-state index is 0.0788. The van der Waals surface area contributed by atoms with Crippen LogP contribution < -0.4 is 5.32 Å². The van der Waals surface area contributed by atoms with Crippen molar-refractivity contribution in [2.45, 2.75) is 35.4 Å². The Bertz CT molecular complexity index is 453. The molecule has 0 spiro atoms. The number of hydrogen-bond donors (Lipinski definition) is 2. The first-order valence-electron chi connectivity index (χ1n) is 5.92. The zero-order valence-corrected chi connectivity index (χ0v) is 11.9. The van der Waals surface area contributed by atoms with Gasteiger partial charge in [0.15, 0.2) is 0 Å². The van der Waals surface area contributed by atoms with Gasteiger partial charge in [-0.3, -0.25) is 4.79 Å². The second kappa shape index (κ2) is 5.97. The highest BCUT2D eigenvalue weighted by Gasteiger charge is 2.26. The van der Waals surface area contributed by atoms with Crippen molar-refractivity contribution in [1.29, 1.82) is 0 Å². The zero-order valence-electron chi connectivity index (χ0n) is 10.1. The molecule has 0 saturated heterocycles. The predicted molar refractivity (Wildman–Crippen MR) is 76.1 cm³/mol. The van der Waals surface area contributed by atoms with Crippen molar-refractivity contribution >= 4 is 30.3 Å². The van der Waals surface area contributed by atoms with Gasteiger partial charge in [0.1, 0.15) is 5.82 Å². The van der Waals surface area contributed by atoms with Gasteiger partial charge in [-0.1, -0.05) is 0 Å². The lowest BCUT2D eigenvalue weighted by molar-refractivity contribution is 0.0933. The van der Waals surface area contributed by atoms with Gasteiger partial charge >= 0.3 is 0 Å². The fraction of sp³-hybridized carbons (Fsp3) is 0.462. The van der Waals surface area contributed by atoms with Crippen molar-refractivity contribution in [1.82, 2.24) is 5.32 Å². The molecule has 1 aromatic rings. The lowest BCUT2D eigenvalue weighted by Crippen LogP contribution is -2.33. The normalized spacial score (nSPS) is 23.1. The third-order valence-corrected chi connectivity index (χ3v) is 4.62. The van der Waals surface area contributed by atoms with E-state index in [1.54, 1.807) is 0 Å². The number of halogens is 1. The molecule has 18 heavy (non-hydrogen) atoms. The molecule has 1 aliphatic carbocycles. The van der Waals surface area contributed by atoms with Crippen LogP contribution in [0.1, 0.15) is 29.6 Å². The summed E-state index contributed by atoms with van der Waals surface area (Å²) in [6.45, 7) is 0. The molecule has 0 bridgehead atoms. The summed E-state index contributed by atoms with van der Waals surface area (Å²) in [6.07, 6.45) is 5.13. The molecule has 98 valence electrons.